The lowest BCUT2D eigenvalue weighted by atomic mass is 10.1. The van der Waals surface area contributed by atoms with E-state index in [0.717, 1.165) is 31.7 Å². The molecule has 0 spiro atoms. The van der Waals surface area contributed by atoms with E-state index in [2.05, 4.69) is 22.9 Å². The summed E-state index contributed by atoms with van der Waals surface area (Å²) in [7, 11) is 0. The molecule has 14 heavy (non-hydrogen) atoms. The van der Waals surface area contributed by atoms with Gasteiger partial charge in [-0.25, -0.2) is 4.98 Å². The van der Waals surface area contributed by atoms with Crippen LogP contribution in [0.1, 0.15) is 18.4 Å². The highest BCUT2D eigenvalue weighted by Crippen LogP contribution is 2.20. The third kappa shape index (κ3) is 1.87. The zero-order chi connectivity index (χ0) is 9.97. The summed E-state index contributed by atoms with van der Waals surface area (Å²) in [6.07, 6.45) is 3.43. The molecular formula is C11H16N2O. The SMILES string of the molecule is Cc1cccnc1N1CCC(O)CC1. The highest BCUT2D eigenvalue weighted by atomic mass is 16.3. The number of aliphatic hydroxyl groups is 1. The number of pyridine rings is 1. The molecule has 0 atom stereocenters. The van der Waals surface area contributed by atoms with E-state index in [1.54, 1.807) is 0 Å². The van der Waals surface area contributed by atoms with Gasteiger partial charge in [0.15, 0.2) is 0 Å². The number of nitrogens with zero attached hydrogens (tertiary/aromatic N) is 2. The molecule has 1 aromatic heterocycles. The summed E-state index contributed by atoms with van der Waals surface area (Å²) in [4.78, 5) is 6.62. The summed E-state index contributed by atoms with van der Waals surface area (Å²) in [6.45, 7) is 3.91. The Hall–Kier alpha value is -1.09. The first-order valence-electron chi connectivity index (χ1n) is 5.12. The lowest BCUT2D eigenvalue weighted by molar-refractivity contribution is 0.145. The van der Waals surface area contributed by atoms with Crippen LogP contribution in [0.4, 0.5) is 5.82 Å². The molecule has 1 aliphatic rings. The van der Waals surface area contributed by atoms with Crippen molar-refractivity contribution in [3.05, 3.63) is 23.9 Å². The Morgan fingerprint density at radius 1 is 1.43 bits per heavy atom. The van der Waals surface area contributed by atoms with Gasteiger partial charge in [-0.1, -0.05) is 6.07 Å². The van der Waals surface area contributed by atoms with E-state index in [-0.39, 0.29) is 6.10 Å². The first-order chi connectivity index (χ1) is 6.77. The van der Waals surface area contributed by atoms with Crippen molar-refractivity contribution >= 4 is 5.82 Å². The Labute approximate surface area is 84.4 Å². The van der Waals surface area contributed by atoms with Crippen molar-refractivity contribution in [1.29, 1.82) is 0 Å². The van der Waals surface area contributed by atoms with Crippen LogP contribution < -0.4 is 4.90 Å². The molecule has 2 heterocycles. The van der Waals surface area contributed by atoms with Crippen molar-refractivity contribution in [2.24, 2.45) is 0 Å². The van der Waals surface area contributed by atoms with Crippen LogP contribution in [0.5, 0.6) is 0 Å². The molecule has 0 radical (unpaired) electrons. The van der Waals surface area contributed by atoms with Gasteiger partial charge in [0.25, 0.3) is 0 Å². The zero-order valence-corrected chi connectivity index (χ0v) is 8.48. The Kier molecular flexibility index (Phi) is 2.68. The maximum Gasteiger partial charge on any atom is 0.131 e. The number of hydrogen-bond acceptors (Lipinski definition) is 3. The van der Waals surface area contributed by atoms with E-state index in [1.807, 2.05) is 12.3 Å². The molecule has 0 unspecified atom stereocenters. The van der Waals surface area contributed by atoms with E-state index >= 15 is 0 Å². The van der Waals surface area contributed by atoms with Crippen LogP contribution in [0.15, 0.2) is 18.3 Å². The number of anilines is 1. The largest absolute Gasteiger partial charge is 0.393 e. The lowest BCUT2D eigenvalue weighted by Gasteiger charge is -2.31. The number of aromatic nitrogens is 1. The summed E-state index contributed by atoms with van der Waals surface area (Å²) >= 11 is 0. The van der Waals surface area contributed by atoms with Gasteiger partial charge in [0.2, 0.25) is 0 Å². The Balaban J connectivity index is 2.12. The predicted octanol–water partition coefficient (Wildman–Crippen LogP) is 1.35. The van der Waals surface area contributed by atoms with Gasteiger partial charge in [-0.15, -0.1) is 0 Å². The van der Waals surface area contributed by atoms with Crippen LogP contribution in [0.3, 0.4) is 0 Å². The maximum atomic E-state index is 9.40. The van der Waals surface area contributed by atoms with Crippen LogP contribution in [-0.4, -0.2) is 29.3 Å². The van der Waals surface area contributed by atoms with Crippen molar-refractivity contribution in [3.8, 4) is 0 Å². The van der Waals surface area contributed by atoms with Crippen molar-refractivity contribution in [2.75, 3.05) is 18.0 Å². The monoisotopic (exact) mass is 192 g/mol. The average Bonchev–Trinajstić information content (AvgIpc) is 2.20. The fourth-order valence-corrected chi connectivity index (χ4v) is 1.89. The van der Waals surface area contributed by atoms with Crippen LogP contribution in [0.2, 0.25) is 0 Å². The third-order valence-corrected chi connectivity index (χ3v) is 2.75. The summed E-state index contributed by atoms with van der Waals surface area (Å²) in [6, 6.07) is 4.03. The minimum atomic E-state index is -0.115. The van der Waals surface area contributed by atoms with Crippen LogP contribution >= 0.6 is 0 Å². The number of rotatable bonds is 1. The summed E-state index contributed by atoms with van der Waals surface area (Å²) in [5.41, 5.74) is 1.21. The first kappa shape index (κ1) is 9.46. The van der Waals surface area contributed by atoms with Gasteiger partial charge in [-0.05, 0) is 31.4 Å². The molecule has 0 aromatic carbocycles. The van der Waals surface area contributed by atoms with E-state index in [0.29, 0.717) is 0 Å². The van der Waals surface area contributed by atoms with Crippen molar-refractivity contribution in [3.63, 3.8) is 0 Å². The molecule has 1 fully saturated rings. The number of piperidine rings is 1. The summed E-state index contributed by atoms with van der Waals surface area (Å²) < 4.78 is 0. The Morgan fingerprint density at radius 2 is 2.14 bits per heavy atom. The molecule has 1 aliphatic heterocycles. The van der Waals surface area contributed by atoms with Gasteiger partial charge in [-0.3, -0.25) is 0 Å². The molecule has 3 heteroatoms. The molecule has 0 saturated carbocycles. The standard InChI is InChI=1S/C11H16N2O/c1-9-3-2-6-12-11(9)13-7-4-10(14)5-8-13/h2-3,6,10,14H,4-5,7-8H2,1H3. The summed E-state index contributed by atoms with van der Waals surface area (Å²) in [5.74, 6) is 1.07. The van der Waals surface area contributed by atoms with Gasteiger partial charge >= 0.3 is 0 Å². The second-order valence-corrected chi connectivity index (χ2v) is 3.86. The van der Waals surface area contributed by atoms with Crippen molar-refractivity contribution in [1.82, 2.24) is 4.98 Å². The van der Waals surface area contributed by atoms with Crippen LogP contribution in [0.25, 0.3) is 0 Å². The molecule has 2 rings (SSSR count). The molecule has 1 N–H and O–H groups in total. The maximum absolute atomic E-state index is 9.40. The number of aryl methyl sites for hydroxylation is 1. The van der Waals surface area contributed by atoms with Gasteiger partial charge in [0, 0.05) is 19.3 Å². The zero-order valence-electron chi connectivity index (χ0n) is 8.48. The fourth-order valence-electron chi connectivity index (χ4n) is 1.89. The highest BCUT2D eigenvalue weighted by Gasteiger charge is 2.18. The number of hydrogen-bond donors (Lipinski definition) is 1. The van der Waals surface area contributed by atoms with Gasteiger partial charge in [0.05, 0.1) is 6.10 Å². The second-order valence-electron chi connectivity index (χ2n) is 3.86. The van der Waals surface area contributed by atoms with E-state index in [1.165, 1.54) is 5.56 Å². The first-order valence-corrected chi connectivity index (χ1v) is 5.12. The molecule has 1 saturated heterocycles. The minimum absolute atomic E-state index is 0.115. The average molecular weight is 192 g/mol. The lowest BCUT2D eigenvalue weighted by Crippen LogP contribution is -2.36. The molecule has 76 valence electrons. The molecule has 0 amide bonds. The van der Waals surface area contributed by atoms with Crippen molar-refractivity contribution < 1.29 is 5.11 Å². The third-order valence-electron chi connectivity index (χ3n) is 2.75. The molecular weight excluding hydrogens is 176 g/mol. The highest BCUT2D eigenvalue weighted by molar-refractivity contribution is 5.46. The topological polar surface area (TPSA) is 36.4 Å². The van der Waals surface area contributed by atoms with Crippen molar-refractivity contribution in [2.45, 2.75) is 25.9 Å². The van der Waals surface area contributed by atoms with E-state index in [4.69, 9.17) is 0 Å². The fraction of sp³-hybridized carbons (Fsp3) is 0.545. The van der Waals surface area contributed by atoms with Crippen LogP contribution in [0, 0.1) is 6.92 Å². The molecule has 3 nitrogen and oxygen atoms in total. The Morgan fingerprint density at radius 3 is 2.79 bits per heavy atom. The van der Waals surface area contributed by atoms with Gasteiger partial charge in [0.1, 0.15) is 5.82 Å². The molecule has 1 aromatic rings. The quantitative estimate of drug-likeness (QED) is 0.729. The van der Waals surface area contributed by atoms with E-state index < -0.39 is 0 Å². The van der Waals surface area contributed by atoms with Gasteiger partial charge < -0.3 is 10.0 Å². The second kappa shape index (κ2) is 3.96. The van der Waals surface area contributed by atoms with Crippen LogP contribution in [-0.2, 0) is 0 Å². The predicted molar refractivity (Wildman–Crippen MR) is 56.4 cm³/mol. The van der Waals surface area contributed by atoms with Gasteiger partial charge in [-0.2, -0.15) is 0 Å². The summed E-state index contributed by atoms with van der Waals surface area (Å²) in [5, 5.41) is 9.40. The molecule has 0 bridgehead atoms. The minimum Gasteiger partial charge on any atom is -0.393 e. The smallest absolute Gasteiger partial charge is 0.131 e. The normalized spacial score (nSPS) is 18.6. The van der Waals surface area contributed by atoms with E-state index in [9.17, 15) is 5.11 Å². The molecule has 0 aliphatic carbocycles. The Bertz CT molecular complexity index is 306. The number of aliphatic hydroxyl groups excluding tert-OH is 1.